The number of piperidine rings is 1. The van der Waals surface area contributed by atoms with Crippen LogP contribution in [-0.4, -0.2) is 32.8 Å². The minimum atomic E-state index is 0. The Labute approximate surface area is 189 Å². The van der Waals surface area contributed by atoms with Crippen LogP contribution in [0, 0.1) is 19.0 Å². The van der Waals surface area contributed by atoms with Crippen LogP contribution in [0.4, 0.5) is 5.82 Å². The third-order valence-corrected chi connectivity index (χ3v) is 3.44. The summed E-state index contributed by atoms with van der Waals surface area (Å²) in [7, 11) is 0. The summed E-state index contributed by atoms with van der Waals surface area (Å²) in [6.45, 7) is 12.9. The first-order valence-electron chi connectivity index (χ1n) is 8.58. The number of hydrogen-bond acceptors (Lipinski definition) is 4. The molecule has 1 fully saturated rings. The van der Waals surface area contributed by atoms with Gasteiger partial charge in [0.2, 0.25) is 0 Å². The van der Waals surface area contributed by atoms with Crippen LogP contribution in [0.3, 0.4) is 0 Å². The smallest absolute Gasteiger partial charge is 0.406 e. The van der Waals surface area contributed by atoms with Gasteiger partial charge in [0.1, 0.15) is 5.82 Å². The second-order valence-electron chi connectivity index (χ2n) is 4.87. The monoisotopic (exact) mass is 354 g/mol. The maximum atomic E-state index is 4.43. The zero-order chi connectivity index (χ0) is 17.1. The summed E-state index contributed by atoms with van der Waals surface area (Å²) >= 11 is 0. The molecule has 0 N–H and O–H groups in total. The van der Waals surface area contributed by atoms with Crippen molar-refractivity contribution < 1.29 is 51.4 Å². The summed E-state index contributed by atoms with van der Waals surface area (Å²) in [4.78, 5) is 11.0. The maximum absolute atomic E-state index is 4.43. The van der Waals surface area contributed by atoms with Gasteiger partial charge in [-0.25, -0.2) is 4.98 Å². The second-order valence-corrected chi connectivity index (χ2v) is 4.87. The van der Waals surface area contributed by atoms with Crippen LogP contribution in [0.1, 0.15) is 46.2 Å². The van der Waals surface area contributed by atoms with E-state index in [2.05, 4.69) is 26.2 Å². The van der Waals surface area contributed by atoms with Gasteiger partial charge in [-0.3, -0.25) is 16.0 Å². The maximum Gasteiger partial charge on any atom is 1.00 e. The molecule has 0 aromatic carbocycles. The number of anilines is 1. The van der Waals surface area contributed by atoms with Gasteiger partial charge in [-0.1, -0.05) is 27.7 Å². The molecule has 24 heavy (non-hydrogen) atoms. The normalized spacial score (nSPS) is 13.8. The van der Waals surface area contributed by atoms with Crippen molar-refractivity contribution in [2.45, 2.75) is 54.0 Å². The van der Waals surface area contributed by atoms with Crippen LogP contribution in [0.2, 0.25) is 0 Å². The van der Waals surface area contributed by atoms with E-state index in [0.717, 1.165) is 44.0 Å². The van der Waals surface area contributed by atoms with Crippen LogP contribution in [0.15, 0.2) is 24.7 Å². The zero-order valence-corrected chi connectivity index (χ0v) is 19.2. The quantitative estimate of drug-likeness (QED) is 0.602. The van der Waals surface area contributed by atoms with E-state index in [0.29, 0.717) is 0 Å². The van der Waals surface area contributed by atoms with E-state index in [1.54, 1.807) is 6.20 Å². The molecular formula is C18H29KN5-. The van der Waals surface area contributed by atoms with Crippen molar-refractivity contribution in [3.8, 4) is 0 Å². The van der Waals surface area contributed by atoms with Gasteiger partial charge in [-0.05, 0) is 20.0 Å². The van der Waals surface area contributed by atoms with Gasteiger partial charge in [0.05, 0.1) is 18.1 Å². The summed E-state index contributed by atoms with van der Waals surface area (Å²) in [5, 5.41) is 4.20. The van der Waals surface area contributed by atoms with Crippen LogP contribution < -0.4 is 56.3 Å². The molecule has 1 saturated heterocycles. The molecule has 1 aliphatic heterocycles. The Bertz CT molecular complexity index is 505. The molecule has 3 heterocycles. The Hall–Kier alpha value is -0.274. The van der Waals surface area contributed by atoms with Crippen molar-refractivity contribution in [1.82, 2.24) is 19.7 Å². The Morgan fingerprint density at radius 2 is 1.75 bits per heavy atom. The molecule has 1 aliphatic rings. The second kappa shape index (κ2) is 14.0. The molecule has 0 unspecified atom stereocenters. The molecule has 128 valence electrons. The molecule has 5 nitrogen and oxygen atoms in total. The summed E-state index contributed by atoms with van der Waals surface area (Å²) in [5.74, 6) is 2.51. The van der Waals surface area contributed by atoms with Gasteiger partial charge in [0, 0.05) is 0 Å². The average Bonchev–Trinajstić information content (AvgIpc) is 3.13. The first-order valence-corrected chi connectivity index (χ1v) is 8.58. The fourth-order valence-corrected chi connectivity index (χ4v) is 2.32. The predicted molar refractivity (Wildman–Crippen MR) is 95.2 cm³/mol. The van der Waals surface area contributed by atoms with E-state index >= 15 is 0 Å². The molecule has 3 rings (SSSR count). The van der Waals surface area contributed by atoms with E-state index in [1.165, 1.54) is 5.92 Å². The van der Waals surface area contributed by atoms with Gasteiger partial charge in [-0.2, -0.15) is 25.1 Å². The third-order valence-electron chi connectivity index (χ3n) is 3.44. The van der Waals surface area contributed by atoms with Crippen LogP contribution in [0.25, 0.3) is 0 Å². The minimum absolute atomic E-state index is 0. The van der Waals surface area contributed by atoms with Gasteiger partial charge >= 0.3 is 51.4 Å². The van der Waals surface area contributed by atoms with E-state index < -0.39 is 0 Å². The molecule has 0 atom stereocenters. The van der Waals surface area contributed by atoms with Crippen molar-refractivity contribution in [1.29, 1.82) is 0 Å². The van der Waals surface area contributed by atoms with E-state index in [1.807, 2.05) is 57.8 Å². The molecule has 0 aliphatic carbocycles. The summed E-state index contributed by atoms with van der Waals surface area (Å²) in [6, 6.07) is 1.84. The van der Waals surface area contributed by atoms with Gasteiger partial charge in [-0.15, -0.1) is 12.7 Å². The van der Waals surface area contributed by atoms with Crippen molar-refractivity contribution in [2.75, 3.05) is 18.0 Å². The van der Waals surface area contributed by atoms with Gasteiger partial charge in [0.15, 0.2) is 0 Å². The molecular weight excluding hydrogens is 325 g/mol. The molecule has 2 aromatic heterocycles. The number of rotatable bonds is 3. The molecule has 0 radical (unpaired) electrons. The topological polar surface area (TPSA) is 46.8 Å². The summed E-state index contributed by atoms with van der Waals surface area (Å²) < 4.78 is 1.87. The Morgan fingerprint density at radius 3 is 2.25 bits per heavy atom. The predicted octanol–water partition coefficient (Wildman–Crippen LogP) is 0.713. The molecule has 0 amide bonds. The van der Waals surface area contributed by atoms with Crippen molar-refractivity contribution >= 4 is 5.82 Å². The molecule has 0 spiro atoms. The van der Waals surface area contributed by atoms with Crippen LogP contribution >= 0.6 is 0 Å². The van der Waals surface area contributed by atoms with E-state index in [-0.39, 0.29) is 51.4 Å². The van der Waals surface area contributed by atoms with E-state index in [9.17, 15) is 0 Å². The number of aromatic nitrogens is 4. The van der Waals surface area contributed by atoms with Gasteiger partial charge < -0.3 is 9.58 Å². The van der Waals surface area contributed by atoms with Crippen molar-refractivity contribution in [3.05, 3.63) is 42.5 Å². The standard InChI is InChI=1S/C14H17N5.2C2H6.K/c1-12-9-16-14(10-15-12)18-7-3-13(4-8-18)11-19-6-2-5-17-19;2*1-2;/h2,5,9-10H,3-4,7-8,11H2,1H3;2*1-2H3;/q-2;;;+1. The molecule has 2 aromatic rings. The molecule has 0 saturated carbocycles. The van der Waals surface area contributed by atoms with Gasteiger partial charge in [0.25, 0.3) is 0 Å². The van der Waals surface area contributed by atoms with Crippen molar-refractivity contribution in [3.63, 3.8) is 0 Å². The SMILES string of the molecule is CC.CC.Cc1cnc(N2CC[C-](Cn3[c-]ccn3)CC2)cn1.[K+]. The largest absolute Gasteiger partial charge is 1.00 e. The van der Waals surface area contributed by atoms with Crippen LogP contribution in [-0.2, 0) is 6.54 Å². The molecule has 0 bridgehead atoms. The first-order chi connectivity index (χ1) is 11.3. The number of nitrogens with zero attached hydrogens (tertiary/aromatic N) is 5. The zero-order valence-electron chi connectivity index (χ0n) is 16.1. The Kier molecular flexibility index (Phi) is 13.8. The summed E-state index contributed by atoms with van der Waals surface area (Å²) in [6.07, 6.45) is 10.7. The van der Waals surface area contributed by atoms with E-state index in [4.69, 9.17) is 0 Å². The average molecular weight is 355 g/mol. The third kappa shape index (κ3) is 7.74. The van der Waals surface area contributed by atoms with Crippen molar-refractivity contribution in [2.24, 2.45) is 0 Å². The summed E-state index contributed by atoms with van der Waals surface area (Å²) in [5.41, 5.74) is 0.960. The fourth-order valence-electron chi connectivity index (χ4n) is 2.32. The van der Waals surface area contributed by atoms with Crippen LogP contribution in [0.5, 0.6) is 0 Å². The Balaban J connectivity index is 0.000000987. The minimum Gasteiger partial charge on any atom is -0.406 e. The number of aryl methyl sites for hydroxylation is 1. The number of hydrogen-bond donors (Lipinski definition) is 0. The fraction of sp³-hybridized carbons (Fsp3) is 0.556. The molecule has 6 heteroatoms. The first kappa shape index (κ1) is 23.7. The Morgan fingerprint density at radius 1 is 1.08 bits per heavy atom.